The molecule has 4 rings (SSSR count). The third-order valence-corrected chi connectivity index (χ3v) is 5.19. The molecule has 1 saturated heterocycles. The van der Waals surface area contributed by atoms with Crippen LogP contribution in [0.1, 0.15) is 34.9 Å². The average Bonchev–Trinajstić information content (AvgIpc) is 3.43. The third-order valence-electron chi connectivity index (χ3n) is 4.95. The number of ether oxygens (including phenoxy) is 2. The number of aromatic amines is 1. The molecule has 1 N–H and O–H groups in total. The van der Waals surface area contributed by atoms with Crippen molar-refractivity contribution in [3.05, 3.63) is 64.7 Å². The Balaban J connectivity index is 1.32. The molecule has 1 aliphatic heterocycles. The van der Waals surface area contributed by atoms with Crippen LogP contribution in [0.3, 0.4) is 0 Å². The van der Waals surface area contributed by atoms with Gasteiger partial charge < -0.3 is 14.4 Å². The van der Waals surface area contributed by atoms with Gasteiger partial charge in [0.25, 0.3) is 5.91 Å². The Bertz CT molecular complexity index is 1000. The monoisotopic (exact) mass is 429 g/mol. The number of aromatic nitrogens is 4. The maximum atomic E-state index is 12.8. The number of halogens is 1. The molecule has 1 atom stereocenters. The number of aryl methyl sites for hydroxylation is 1. The minimum absolute atomic E-state index is 0.0822. The minimum atomic E-state index is -0.269. The van der Waals surface area contributed by atoms with Gasteiger partial charge in [-0.25, -0.2) is 0 Å². The number of hydrogen-bond acceptors (Lipinski definition) is 5. The van der Waals surface area contributed by atoms with Gasteiger partial charge in [-0.05, 0) is 37.3 Å². The summed E-state index contributed by atoms with van der Waals surface area (Å²) >= 11 is 5.97. The van der Waals surface area contributed by atoms with Gasteiger partial charge in [-0.2, -0.15) is 10.2 Å². The van der Waals surface area contributed by atoms with Gasteiger partial charge >= 0.3 is 0 Å². The summed E-state index contributed by atoms with van der Waals surface area (Å²) in [6, 6.07) is 11.0. The van der Waals surface area contributed by atoms with Gasteiger partial charge in [-0.3, -0.25) is 14.6 Å². The predicted molar refractivity (Wildman–Crippen MR) is 112 cm³/mol. The van der Waals surface area contributed by atoms with Crippen molar-refractivity contribution in [3.8, 4) is 5.75 Å². The van der Waals surface area contributed by atoms with Gasteiger partial charge in [0.05, 0.1) is 25.5 Å². The number of carbonyl (C=O) groups excluding carboxylic acids is 1. The molecule has 30 heavy (non-hydrogen) atoms. The highest BCUT2D eigenvalue weighted by Crippen LogP contribution is 2.23. The molecule has 0 spiro atoms. The molecule has 0 bridgehead atoms. The third kappa shape index (κ3) is 4.83. The molecule has 1 amide bonds. The number of amides is 1. The van der Waals surface area contributed by atoms with Gasteiger partial charge in [0.1, 0.15) is 17.5 Å². The zero-order valence-electron chi connectivity index (χ0n) is 16.8. The summed E-state index contributed by atoms with van der Waals surface area (Å²) in [5.41, 5.74) is 2.18. The first-order chi connectivity index (χ1) is 14.6. The SMILES string of the molecule is CCn1ccc(C(=O)N2CCOC(c3cc(CCOc4cccc(Cl)c4)[nH]n3)C2)n1. The van der Waals surface area contributed by atoms with Crippen LogP contribution in [0.2, 0.25) is 5.02 Å². The molecule has 1 fully saturated rings. The molecule has 2 aromatic heterocycles. The molecule has 1 aliphatic rings. The number of benzene rings is 1. The number of H-pyrrole nitrogens is 1. The summed E-state index contributed by atoms with van der Waals surface area (Å²) in [5.74, 6) is 0.652. The van der Waals surface area contributed by atoms with E-state index in [0.29, 0.717) is 43.4 Å². The second-order valence-corrected chi connectivity index (χ2v) is 7.48. The Morgan fingerprint density at radius 1 is 1.37 bits per heavy atom. The van der Waals surface area contributed by atoms with E-state index in [2.05, 4.69) is 15.3 Å². The van der Waals surface area contributed by atoms with Crippen molar-refractivity contribution in [2.45, 2.75) is 26.0 Å². The normalized spacial score (nSPS) is 16.6. The Morgan fingerprint density at radius 3 is 3.07 bits per heavy atom. The first-order valence-electron chi connectivity index (χ1n) is 9.99. The van der Waals surface area contributed by atoms with E-state index >= 15 is 0 Å². The summed E-state index contributed by atoms with van der Waals surface area (Å²) in [6.45, 7) is 4.67. The van der Waals surface area contributed by atoms with Gasteiger partial charge in [0.2, 0.25) is 0 Å². The summed E-state index contributed by atoms with van der Waals surface area (Å²) < 4.78 is 13.3. The van der Waals surface area contributed by atoms with E-state index in [1.54, 1.807) is 21.7 Å². The Labute approximate surface area is 179 Å². The molecule has 0 radical (unpaired) electrons. The lowest BCUT2D eigenvalue weighted by molar-refractivity contribution is -0.0249. The molecule has 3 aromatic rings. The van der Waals surface area contributed by atoms with E-state index in [4.69, 9.17) is 21.1 Å². The van der Waals surface area contributed by atoms with E-state index < -0.39 is 0 Å². The molecule has 1 unspecified atom stereocenters. The van der Waals surface area contributed by atoms with Crippen molar-refractivity contribution in [3.63, 3.8) is 0 Å². The number of nitrogens with zero attached hydrogens (tertiary/aromatic N) is 4. The summed E-state index contributed by atoms with van der Waals surface area (Å²) in [5, 5.41) is 12.4. The van der Waals surface area contributed by atoms with E-state index in [0.717, 1.165) is 23.7 Å². The first kappa shape index (κ1) is 20.4. The standard InChI is InChI=1S/C21H24ClN5O3/c1-2-27-8-6-18(25-27)21(28)26-9-11-30-20(14-26)19-13-16(23-24-19)7-10-29-17-5-3-4-15(22)12-17/h3-6,8,12-13,20H,2,7,9-11,14H2,1H3,(H,23,24). The number of rotatable bonds is 7. The molecule has 9 heteroatoms. The second-order valence-electron chi connectivity index (χ2n) is 7.04. The predicted octanol–water partition coefficient (Wildman–Crippen LogP) is 3.11. The maximum absolute atomic E-state index is 12.8. The molecular weight excluding hydrogens is 406 g/mol. The van der Waals surface area contributed by atoms with Crippen LogP contribution >= 0.6 is 11.6 Å². The summed E-state index contributed by atoms with van der Waals surface area (Å²) in [7, 11) is 0. The average molecular weight is 430 g/mol. The van der Waals surface area contributed by atoms with Gasteiger partial charge in [0, 0.05) is 36.4 Å². The number of hydrogen-bond donors (Lipinski definition) is 1. The molecular formula is C21H24ClN5O3. The van der Waals surface area contributed by atoms with E-state index in [9.17, 15) is 4.79 Å². The van der Waals surface area contributed by atoms with Crippen molar-refractivity contribution >= 4 is 17.5 Å². The van der Waals surface area contributed by atoms with Crippen LogP contribution in [0.5, 0.6) is 5.75 Å². The van der Waals surface area contributed by atoms with Crippen molar-refractivity contribution in [1.29, 1.82) is 0 Å². The smallest absolute Gasteiger partial charge is 0.274 e. The van der Waals surface area contributed by atoms with Crippen LogP contribution in [0.25, 0.3) is 0 Å². The lowest BCUT2D eigenvalue weighted by Crippen LogP contribution is -2.42. The van der Waals surface area contributed by atoms with Crippen LogP contribution in [0.4, 0.5) is 0 Å². The molecule has 8 nitrogen and oxygen atoms in total. The highest BCUT2D eigenvalue weighted by molar-refractivity contribution is 6.30. The molecule has 3 heterocycles. The Hall–Kier alpha value is -2.84. The fourth-order valence-corrected chi connectivity index (χ4v) is 3.51. The second kappa shape index (κ2) is 9.32. The van der Waals surface area contributed by atoms with Crippen molar-refractivity contribution in [1.82, 2.24) is 24.9 Å². The van der Waals surface area contributed by atoms with E-state index in [-0.39, 0.29) is 12.0 Å². The van der Waals surface area contributed by atoms with E-state index in [1.807, 2.05) is 37.4 Å². The quantitative estimate of drug-likeness (QED) is 0.623. The fourth-order valence-electron chi connectivity index (χ4n) is 3.33. The fraction of sp³-hybridized carbons (Fsp3) is 0.381. The lowest BCUT2D eigenvalue weighted by atomic mass is 10.1. The van der Waals surface area contributed by atoms with Crippen LogP contribution in [0.15, 0.2) is 42.6 Å². The zero-order chi connectivity index (χ0) is 20.9. The summed E-state index contributed by atoms with van der Waals surface area (Å²) in [4.78, 5) is 14.5. The number of carbonyl (C=O) groups is 1. The molecule has 1 aromatic carbocycles. The number of nitrogens with one attached hydrogen (secondary N) is 1. The minimum Gasteiger partial charge on any atom is -0.493 e. The summed E-state index contributed by atoms with van der Waals surface area (Å²) in [6.07, 6.45) is 2.22. The van der Waals surface area contributed by atoms with Crippen molar-refractivity contribution < 1.29 is 14.3 Å². The molecule has 158 valence electrons. The Kier molecular flexibility index (Phi) is 6.35. The van der Waals surface area contributed by atoms with Gasteiger partial charge in [-0.1, -0.05) is 17.7 Å². The topological polar surface area (TPSA) is 85.3 Å². The zero-order valence-corrected chi connectivity index (χ0v) is 17.5. The van der Waals surface area contributed by atoms with Gasteiger partial charge in [0.15, 0.2) is 0 Å². The molecule has 0 saturated carbocycles. The van der Waals surface area contributed by atoms with Crippen LogP contribution in [-0.4, -0.2) is 57.1 Å². The highest BCUT2D eigenvalue weighted by Gasteiger charge is 2.28. The Morgan fingerprint density at radius 2 is 2.27 bits per heavy atom. The largest absolute Gasteiger partial charge is 0.493 e. The maximum Gasteiger partial charge on any atom is 0.274 e. The van der Waals surface area contributed by atoms with Crippen molar-refractivity contribution in [2.75, 3.05) is 26.3 Å². The van der Waals surface area contributed by atoms with E-state index in [1.165, 1.54) is 0 Å². The van der Waals surface area contributed by atoms with Crippen LogP contribution in [0, 0.1) is 0 Å². The van der Waals surface area contributed by atoms with Crippen molar-refractivity contribution in [2.24, 2.45) is 0 Å². The molecule has 0 aliphatic carbocycles. The number of morpholine rings is 1. The van der Waals surface area contributed by atoms with Gasteiger partial charge in [-0.15, -0.1) is 0 Å². The van der Waals surface area contributed by atoms with Crippen LogP contribution in [-0.2, 0) is 17.7 Å². The highest BCUT2D eigenvalue weighted by atomic mass is 35.5. The lowest BCUT2D eigenvalue weighted by Gasteiger charge is -2.31. The first-order valence-corrected chi connectivity index (χ1v) is 10.4. The van der Waals surface area contributed by atoms with Crippen LogP contribution < -0.4 is 4.74 Å².